The molecule has 2 atom stereocenters. The molecule has 0 radical (unpaired) electrons. The van der Waals surface area contributed by atoms with Crippen molar-refractivity contribution >= 4 is 11.7 Å². The van der Waals surface area contributed by atoms with Crippen LogP contribution < -0.4 is 0 Å². The number of Topliss-reactive ketones (excluding diaryl/α,β-unsaturated/α-hetero) is 1. The largest absolute Gasteiger partial charge is 0.416 e. The van der Waals surface area contributed by atoms with Crippen molar-refractivity contribution < 1.29 is 22.8 Å². The van der Waals surface area contributed by atoms with Crippen molar-refractivity contribution in [2.45, 2.75) is 44.4 Å². The van der Waals surface area contributed by atoms with Gasteiger partial charge in [0, 0.05) is 35.9 Å². The molecule has 0 aromatic heterocycles. The number of amides is 1. The maximum absolute atomic E-state index is 12.7. The van der Waals surface area contributed by atoms with Gasteiger partial charge in [-0.05, 0) is 31.0 Å². The number of hydrogen-bond donors (Lipinski definition) is 0. The van der Waals surface area contributed by atoms with E-state index in [2.05, 4.69) is 10.0 Å². The van der Waals surface area contributed by atoms with Crippen LogP contribution in [0.1, 0.15) is 42.1 Å². The van der Waals surface area contributed by atoms with E-state index in [-0.39, 0.29) is 36.4 Å². The molecule has 0 saturated carbocycles. The van der Waals surface area contributed by atoms with Crippen LogP contribution in [0.4, 0.5) is 13.2 Å². The Morgan fingerprint density at radius 1 is 1.36 bits per heavy atom. The Morgan fingerprint density at radius 3 is 2.72 bits per heavy atom. The summed E-state index contributed by atoms with van der Waals surface area (Å²) in [6.07, 6.45) is -4.23. The molecule has 1 saturated heterocycles. The van der Waals surface area contributed by atoms with Crippen LogP contribution in [0.5, 0.6) is 0 Å². The Bertz CT molecular complexity index is 714. The number of likely N-dealkylation sites (tertiary alicyclic amines) is 1. The van der Waals surface area contributed by atoms with Crippen LogP contribution in [0, 0.1) is 0 Å². The molecule has 1 aliphatic rings. The summed E-state index contributed by atoms with van der Waals surface area (Å²) in [5, 5.41) is 3.60. The maximum atomic E-state index is 12.7. The van der Waals surface area contributed by atoms with E-state index in [4.69, 9.17) is 5.53 Å². The first-order valence-electron chi connectivity index (χ1n) is 7.76. The molecule has 1 aromatic rings. The molecule has 0 spiro atoms. The molecule has 9 heteroatoms. The minimum Gasteiger partial charge on any atom is -0.340 e. The van der Waals surface area contributed by atoms with Crippen LogP contribution in [0.15, 0.2) is 29.4 Å². The van der Waals surface area contributed by atoms with Crippen molar-refractivity contribution in [3.8, 4) is 0 Å². The maximum Gasteiger partial charge on any atom is 0.416 e. The second-order valence-electron chi connectivity index (χ2n) is 5.99. The molecule has 1 heterocycles. The molecule has 1 amide bonds. The summed E-state index contributed by atoms with van der Waals surface area (Å²) in [5.74, 6) is -0.790. The number of benzene rings is 1. The Balaban J connectivity index is 1.96. The molecule has 0 N–H and O–H groups in total. The predicted molar refractivity (Wildman–Crippen MR) is 83.7 cm³/mol. The van der Waals surface area contributed by atoms with Gasteiger partial charge in [0.05, 0.1) is 11.6 Å². The lowest BCUT2D eigenvalue weighted by molar-refractivity contribution is -0.137. The van der Waals surface area contributed by atoms with Gasteiger partial charge < -0.3 is 4.90 Å². The van der Waals surface area contributed by atoms with Crippen LogP contribution >= 0.6 is 0 Å². The van der Waals surface area contributed by atoms with Crippen LogP contribution in [0.2, 0.25) is 0 Å². The van der Waals surface area contributed by atoms with Crippen LogP contribution in [-0.2, 0) is 11.0 Å². The van der Waals surface area contributed by atoms with E-state index in [1.807, 2.05) is 6.92 Å². The highest BCUT2D eigenvalue weighted by Gasteiger charge is 2.32. The van der Waals surface area contributed by atoms with Crippen LogP contribution in [0.25, 0.3) is 10.4 Å². The highest BCUT2D eigenvalue weighted by Crippen LogP contribution is 2.30. The second kappa shape index (κ2) is 7.57. The van der Waals surface area contributed by atoms with Gasteiger partial charge in [-0.2, -0.15) is 13.2 Å². The lowest BCUT2D eigenvalue weighted by Crippen LogP contribution is -2.34. The van der Waals surface area contributed by atoms with Gasteiger partial charge in [0.25, 0.3) is 0 Å². The van der Waals surface area contributed by atoms with Crippen molar-refractivity contribution in [3.05, 3.63) is 45.8 Å². The monoisotopic (exact) mass is 354 g/mol. The number of ketones is 1. The summed E-state index contributed by atoms with van der Waals surface area (Å²) < 4.78 is 38.1. The zero-order valence-electron chi connectivity index (χ0n) is 13.5. The Morgan fingerprint density at radius 2 is 2.08 bits per heavy atom. The number of azide groups is 1. The van der Waals surface area contributed by atoms with E-state index in [1.165, 1.54) is 12.1 Å². The van der Waals surface area contributed by atoms with E-state index in [9.17, 15) is 22.8 Å². The zero-order valence-corrected chi connectivity index (χ0v) is 13.5. The topological polar surface area (TPSA) is 86.1 Å². The Labute approximate surface area is 142 Å². The third-order valence-corrected chi connectivity index (χ3v) is 4.17. The standard InChI is InChI=1S/C16H17F3N4O2/c1-10-7-13(21-22-20)9-23(10)15(25)6-5-14(24)11-3-2-4-12(8-11)16(17,18)19/h2-4,8,10,13H,5-7,9H2,1H3/t10-,13+/m1/s1. The molecule has 0 aliphatic carbocycles. The smallest absolute Gasteiger partial charge is 0.340 e. The zero-order chi connectivity index (χ0) is 18.6. The fourth-order valence-electron chi connectivity index (χ4n) is 2.88. The third-order valence-electron chi connectivity index (χ3n) is 4.17. The SMILES string of the molecule is C[C@@H]1C[C@H](N=[N+]=[N-])CN1C(=O)CCC(=O)c1cccc(C(F)(F)F)c1. The summed E-state index contributed by atoms with van der Waals surface area (Å²) in [6, 6.07) is 3.77. The first-order chi connectivity index (χ1) is 11.7. The van der Waals surface area contributed by atoms with Crippen molar-refractivity contribution in [1.82, 2.24) is 4.90 Å². The van der Waals surface area contributed by atoms with E-state index in [0.717, 1.165) is 12.1 Å². The van der Waals surface area contributed by atoms with E-state index in [1.54, 1.807) is 4.90 Å². The quantitative estimate of drug-likeness (QED) is 0.347. The molecule has 2 rings (SSSR count). The van der Waals surface area contributed by atoms with Crippen molar-refractivity contribution in [3.63, 3.8) is 0 Å². The predicted octanol–water partition coefficient (Wildman–Crippen LogP) is 3.97. The molecule has 25 heavy (non-hydrogen) atoms. The van der Waals surface area contributed by atoms with Gasteiger partial charge in [-0.25, -0.2) is 0 Å². The average molecular weight is 354 g/mol. The van der Waals surface area contributed by atoms with Gasteiger partial charge in [0.15, 0.2) is 5.78 Å². The molecular weight excluding hydrogens is 337 g/mol. The molecule has 0 unspecified atom stereocenters. The van der Waals surface area contributed by atoms with E-state index >= 15 is 0 Å². The lowest BCUT2D eigenvalue weighted by atomic mass is 10.0. The fraction of sp³-hybridized carbons (Fsp3) is 0.500. The second-order valence-corrected chi connectivity index (χ2v) is 5.99. The van der Waals surface area contributed by atoms with Gasteiger partial charge in [-0.15, -0.1) is 0 Å². The van der Waals surface area contributed by atoms with Gasteiger partial charge >= 0.3 is 6.18 Å². The van der Waals surface area contributed by atoms with E-state index in [0.29, 0.717) is 13.0 Å². The molecule has 1 fully saturated rings. The normalized spacial score (nSPS) is 20.2. The number of carbonyl (C=O) groups is 2. The number of halogens is 3. The molecule has 0 bridgehead atoms. The number of nitrogens with zero attached hydrogens (tertiary/aromatic N) is 4. The van der Waals surface area contributed by atoms with Crippen molar-refractivity contribution in [2.24, 2.45) is 5.11 Å². The van der Waals surface area contributed by atoms with Gasteiger partial charge in [0.2, 0.25) is 5.91 Å². The Hall–Kier alpha value is -2.54. The summed E-state index contributed by atoms with van der Waals surface area (Å²) in [5.41, 5.74) is 7.49. The minimum absolute atomic E-state index is 0.0657. The molecule has 134 valence electrons. The Kier molecular flexibility index (Phi) is 5.69. The minimum atomic E-state index is -4.52. The first-order valence-corrected chi connectivity index (χ1v) is 7.76. The summed E-state index contributed by atoms with van der Waals surface area (Å²) in [6.45, 7) is 2.11. The van der Waals surface area contributed by atoms with Crippen molar-refractivity contribution in [2.75, 3.05) is 6.54 Å². The summed E-state index contributed by atoms with van der Waals surface area (Å²) in [7, 11) is 0. The van der Waals surface area contributed by atoms with Gasteiger partial charge in [-0.1, -0.05) is 17.2 Å². The van der Waals surface area contributed by atoms with Gasteiger partial charge in [0.1, 0.15) is 0 Å². The first kappa shape index (κ1) is 18.8. The number of carbonyl (C=O) groups excluding carboxylic acids is 2. The fourth-order valence-corrected chi connectivity index (χ4v) is 2.88. The highest BCUT2D eigenvalue weighted by molar-refractivity contribution is 5.98. The summed E-state index contributed by atoms with van der Waals surface area (Å²) in [4.78, 5) is 28.6. The number of hydrogen-bond acceptors (Lipinski definition) is 3. The number of alkyl halides is 3. The molecule has 1 aliphatic heterocycles. The summed E-state index contributed by atoms with van der Waals surface area (Å²) >= 11 is 0. The average Bonchev–Trinajstić information content (AvgIpc) is 2.92. The van der Waals surface area contributed by atoms with E-state index < -0.39 is 17.5 Å². The molecular formula is C16H17F3N4O2. The lowest BCUT2D eigenvalue weighted by Gasteiger charge is -2.21. The third kappa shape index (κ3) is 4.73. The highest BCUT2D eigenvalue weighted by atomic mass is 19.4. The van der Waals surface area contributed by atoms with Crippen molar-refractivity contribution in [1.29, 1.82) is 0 Å². The van der Waals surface area contributed by atoms with Crippen LogP contribution in [0.3, 0.4) is 0 Å². The van der Waals surface area contributed by atoms with Crippen LogP contribution in [-0.4, -0.2) is 35.2 Å². The molecule has 6 nitrogen and oxygen atoms in total. The number of rotatable bonds is 5. The van der Waals surface area contributed by atoms with Gasteiger partial charge in [-0.3, -0.25) is 9.59 Å². The molecule has 1 aromatic carbocycles.